The highest BCUT2D eigenvalue weighted by molar-refractivity contribution is 6.13. The molecule has 3 nitrogen and oxygen atoms in total. The van der Waals surface area contributed by atoms with E-state index in [-0.39, 0.29) is 5.91 Å². The minimum atomic E-state index is -0.262. The first-order chi connectivity index (χ1) is 8.84. The molecule has 0 aromatic heterocycles. The van der Waals surface area contributed by atoms with Crippen LogP contribution in [0.25, 0.3) is 0 Å². The fourth-order valence-corrected chi connectivity index (χ4v) is 2.05. The van der Waals surface area contributed by atoms with Gasteiger partial charge in [0.2, 0.25) is 0 Å². The van der Waals surface area contributed by atoms with Crippen LogP contribution in [0.15, 0.2) is 59.7 Å². The summed E-state index contributed by atoms with van der Waals surface area (Å²) in [5.41, 5.74) is 7.23. The molecule has 0 bridgehead atoms. The van der Waals surface area contributed by atoms with Crippen LogP contribution in [-0.2, 0) is 6.42 Å². The van der Waals surface area contributed by atoms with Crippen molar-refractivity contribution in [2.45, 2.75) is 6.42 Å². The Morgan fingerprint density at radius 1 is 0.833 bits per heavy atom. The molecule has 0 spiro atoms. The fourth-order valence-electron chi connectivity index (χ4n) is 2.05. The number of benzene rings is 2. The minimum Gasteiger partial charge on any atom is -0.265 e. The van der Waals surface area contributed by atoms with Gasteiger partial charge in [0, 0.05) is 12.0 Å². The van der Waals surface area contributed by atoms with E-state index in [0.717, 1.165) is 16.8 Å². The summed E-state index contributed by atoms with van der Waals surface area (Å²) in [6, 6.07) is 17.5. The number of carbonyl (C=O) groups excluding carboxylic acids is 1. The molecular weight excluding hydrogens is 224 g/mol. The van der Waals surface area contributed by atoms with E-state index in [9.17, 15) is 4.79 Å². The molecule has 18 heavy (non-hydrogen) atoms. The Labute approximate surface area is 105 Å². The summed E-state index contributed by atoms with van der Waals surface area (Å²) in [7, 11) is 0. The summed E-state index contributed by atoms with van der Waals surface area (Å²) in [5, 5.41) is 4.04. The average Bonchev–Trinajstić information content (AvgIpc) is 2.44. The number of nitrogens with zero attached hydrogens (tertiary/aromatic N) is 2. The van der Waals surface area contributed by atoms with Crippen molar-refractivity contribution in [3.63, 3.8) is 0 Å². The van der Waals surface area contributed by atoms with E-state index in [1.165, 1.54) is 0 Å². The van der Waals surface area contributed by atoms with Crippen molar-refractivity contribution in [1.29, 1.82) is 0 Å². The smallest absolute Gasteiger partial charge is 0.265 e. The van der Waals surface area contributed by atoms with Crippen LogP contribution < -0.4 is 5.43 Å². The maximum absolute atomic E-state index is 11.6. The zero-order valence-electron chi connectivity index (χ0n) is 9.71. The van der Waals surface area contributed by atoms with E-state index >= 15 is 0 Å². The van der Waals surface area contributed by atoms with Crippen molar-refractivity contribution in [2.24, 2.45) is 5.10 Å². The molecule has 0 fully saturated rings. The predicted molar refractivity (Wildman–Crippen MR) is 69.6 cm³/mol. The van der Waals surface area contributed by atoms with Crippen molar-refractivity contribution in [3.05, 3.63) is 71.3 Å². The topological polar surface area (TPSA) is 43.5 Å². The highest BCUT2D eigenvalue weighted by atomic mass is 16.2. The molecule has 0 N–H and O–H groups in total. The SMILES string of the molecule is O=C1[N]N=C(Cc2ccccc2)c2ccccc21. The first kappa shape index (κ1) is 10.7. The van der Waals surface area contributed by atoms with E-state index in [4.69, 9.17) is 0 Å². The lowest BCUT2D eigenvalue weighted by atomic mass is 9.96. The third-order valence-electron chi connectivity index (χ3n) is 2.94. The molecular formula is C15H11N2O. The van der Waals surface area contributed by atoms with Crippen molar-refractivity contribution in [2.75, 3.05) is 0 Å². The lowest BCUT2D eigenvalue weighted by Crippen LogP contribution is -2.24. The van der Waals surface area contributed by atoms with Crippen LogP contribution in [0.3, 0.4) is 0 Å². The molecule has 0 saturated heterocycles. The number of rotatable bonds is 2. The molecule has 3 heteroatoms. The number of fused-ring (bicyclic) bond motifs is 1. The van der Waals surface area contributed by atoms with Crippen molar-refractivity contribution >= 4 is 11.6 Å². The molecule has 0 unspecified atom stereocenters. The van der Waals surface area contributed by atoms with Gasteiger partial charge < -0.3 is 0 Å². The molecule has 1 aliphatic rings. The quantitative estimate of drug-likeness (QED) is 0.788. The van der Waals surface area contributed by atoms with Gasteiger partial charge in [-0.25, -0.2) is 0 Å². The highest BCUT2D eigenvalue weighted by Crippen LogP contribution is 2.17. The van der Waals surface area contributed by atoms with Crippen LogP contribution in [-0.4, -0.2) is 11.6 Å². The lowest BCUT2D eigenvalue weighted by molar-refractivity contribution is 0.0947. The van der Waals surface area contributed by atoms with Crippen molar-refractivity contribution in [1.82, 2.24) is 5.43 Å². The maximum atomic E-state index is 11.6. The van der Waals surface area contributed by atoms with Crippen molar-refractivity contribution < 1.29 is 4.79 Å². The van der Waals surface area contributed by atoms with Gasteiger partial charge in [-0.1, -0.05) is 48.5 Å². The first-order valence-corrected chi connectivity index (χ1v) is 5.80. The molecule has 2 aromatic carbocycles. The predicted octanol–water partition coefficient (Wildman–Crippen LogP) is 2.39. The lowest BCUT2D eigenvalue weighted by Gasteiger charge is -2.14. The molecule has 3 rings (SSSR count). The zero-order chi connectivity index (χ0) is 12.4. The fraction of sp³-hybridized carbons (Fsp3) is 0.0667. The van der Waals surface area contributed by atoms with Gasteiger partial charge in [-0.15, -0.1) is 5.43 Å². The van der Waals surface area contributed by atoms with Crippen LogP contribution in [0.5, 0.6) is 0 Å². The second kappa shape index (κ2) is 4.45. The number of hydrogen-bond donors (Lipinski definition) is 0. The summed E-state index contributed by atoms with van der Waals surface area (Å²) >= 11 is 0. The van der Waals surface area contributed by atoms with E-state index in [0.29, 0.717) is 12.0 Å². The molecule has 1 amide bonds. The molecule has 87 valence electrons. The molecule has 0 atom stereocenters. The third-order valence-corrected chi connectivity index (χ3v) is 2.94. The van der Waals surface area contributed by atoms with Gasteiger partial charge in [-0.3, -0.25) is 4.79 Å². The van der Waals surface area contributed by atoms with Gasteiger partial charge in [0.05, 0.1) is 11.3 Å². The minimum absolute atomic E-state index is 0.262. The molecule has 1 heterocycles. The summed E-state index contributed by atoms with van der Waals surface area (Å²) in [4.78, 5) is 11.6. The Bertz CT molecular complexity index is 617. The zero-order valence-corrected chi connectivity index (χ0v) is 9.71. The van der Waals surface area contributed by atoms with E-state index in [1.54, 1.807) is 6.07 Å². The highest BCUT2D eigenvalue weighted by Gasteiger charge is 2.21. The Morgan fingerprint density at radius 3 is 2.28 bits per heavy atom. The summed E-state index contributed by atoms with van der Waals surface area (Å²) in [6.07, 6.45) is 0.689. The van der Waals surface area contributed by atoms with Crippen LogP contribution in [0, 0.1) is 0 Å². The summed E-state index contributed by atoms with van der Waals surface area (Å²) < 4.78 is 0. The van der Waals surface area contributed by atoms with Gasteiger partial charge >= 0.3 is 0 Å². The van der Waals surface area contributed by atoms with Crippen LogP contribution >= 0.6 is 0 Å². The Morgan fingerprint density at radius 2 is 1.50 bits per heavy atom. The van der Waals surface area contributed by atoms with E-state index < -0.39 is 0 Å². The third kappa shape index (κ3) is 1.91. The average molecular weight is 235 g/mol. The Kier molecular flexibility index (Phi) is 2.65. The molecule has 0 aliphatic carbocycles. The van der Waals surface area contributed by atoms with E-state index in [2.05, 4.69) is 10.5 Å². The van der Waals surface area contributed by atoms with Gasteiger partial charge in [-0.05, 0) is 11.6 Å². The second-order valence-electron chi connectivity index (χ2n) is 4.16. The van der Waals surface area contributed by atoms with Gasteiger partial charge in [0.1, 0.15) is 0 Å². The summed E-state index contributed by atoms with van der Waals surface area (Å²) in [6.45, 7) is 0. The number of amides is 1. The van der Waals surface area contributed by atoms with Crippen molar-refractivity contribution in [3.8, 4) is 0 Å². The Balaban J connectivity index is 1.97. The largest absolute Gasteiger partial charge is 0.296 e. The molecule has 0 saturated carbocycles. The van der Waals surface area contributed by atoms with E-state index in [1.807, 2.05) is 48.5 Å². The second-order valence-corrected chi connectivity index (χ2v) is 4.16. The van der Waals surface area contributed by atoms with Gasteiger partial charge in [0.25, 0.3) is 5.91 Å². The number of carbonyl (C=O) groups is 1. The van der Waals surface area contributed by atoms with Crippen LogP contribution in [0.4, 0.5) is 0 Å². The van der Waals surface area contributed by atoms with Crippen LogP contribution in [0.1, 0.15) is 21.5 Å². The molecule has 1 aliphatic heterocycles. The maximum Gasteiger partial charge on any atom is 0.296 e. The normalized spacial score (nSPS) is 13.6. The van der Waals surface area contributed by atoms with Gasteiger partial charge in [-0.2, -0.15) is 5.10 Å². The first-order valence-electron chi connectivity index (χ1n) is 5.80. The number of hydrogen-bond acceptors (Lipinski definition) is 2. The molecule has 2 aromatic rings. The summed E-state index contributed by atoms with van der Waals surface area (Å²) in [5.74, 6) is -0.262. The standard InChI is InChI=1S/C15H11N2O/c18-15-13-9-5-4-8-12(13)14(16-17-15)10-11-6-2-1-3-7-11/h1-9H,10H2. The Hall–Kier alpha value is -2.42. The monoisotopic (exact) mass is 235 g/mol. The molecule has 1 radical (unpaired) electrons. The van der Waals surface area contributed by atoms with Gasteiger partial charge in [0.15, 0.2) is 0 Å². The van der Waals surface area contributed by atoms with Crippen LogP contribution in [0.2, 0.25) is 0 Å².